The van der Waals surface area contributed by atoms with Crippen molar-refractivity contribution in [2.45, 2.75) is 6.92 Å². The molecule has 0 aliphatic carbocycles. The smallest absolute Gasteiger partial charge is 0.330 e. The number of aromatic nitrogens is 2. The van der Waals surface area contributed by atoms with Crippen LogP contribution in [0.25, 0.3) is 0 Å². The maximum absolute atomic E-state index is 12.0. The van der Waals surface area contributed by atoms with Gasteiger partial charge < -0.3 is 9.64 Å². The van der Waals surface area contributed by atoms with Crippen LogP contribution in [0.5, 0.6) is 0 Å². The number of ether oxygens (including phenoxy) is 1. The standard InChI is InChI=1S/C12H18N4O3/c1-9-10(11(17)15(3)12(18)14(9)2)13-8-16-4-6-19-7-5-16/h8H,4-7H2,1-3H3. The molecule has 2 heterocycles. The summed E-state index contributed by atoms with van der Waals surface area (Å²) in [5, 5.41) is 0. The highest BCUT2D eigenvalue weighted by Crippen LogP contribution is 2.09. The molecule has 0 saturated carbocycles. The predicted octanol–water partition coefficient (Wildman–Crippen LogP) is -0.616. The Kier molecular flexibility index (Phi) is 3.84. The summed E-state index contributed by atoms with van der Waals surface area (Å²) in [5.74, 6) is 0. The van der Waals surface area contributed by atoms with Gasteiger partial charge >= 0.3 is 5.69 Å². The van der Waals surface area contributed by atoms with Crippen LogP contribution in [-0.4, -0.2) is 46.7 Å². The van der Waals surface area contributed by atoms with E-state index in [1.165, 1.54) is 11.6 Å². The van der Waals surface area contributed by atoms with Gasteiger partial charge in [0.25, 0.3) is 5.56 Å². The first-order valence-electron chi connectivity index (χ1n) is 6.15. The molecule has 0 bridgehead atoms. The molecule has 1 aliphatic heterocycles. The molecule has 0 unspecified atom stereocenters. The van der Waals surface area contributed by atoms with Crippen molar-refractivity contribution in [1.29, 1.82) is 0 Å². The predicted molar refractivity (Wildman–Crippen MR) is 72.2 cm³/mol. The molecule has 7 nitrogen and oxygen atoms in total. The van der Waals surface area contributed by atoms with Crippen molar-refractivity contribution in [3.05, 3.63) is 26.5 Å². The van der Waals surface area contributed by atoms with Crippen molar-refractivity contribution < 1.29 is 4.74 Å². The van der Waals surface area contributed by atoms with E-state index in [0.29, 0.717) is 24.6 Å². The van der Waals surface area contributed by atoms with Crippen LogP contribution < -0.4 is 11.2 Å². The molecule has 0 spiro atoms. The number of morpholine rings is 1. The molecule has 104 valence electrons. The highest BCUT2D eigenvalue weighted by atomic mass is 16.5. The van der Waals surface area contributed by atoms with E-state index in [1.54, 1.807) is 20.3 Å². The van der Waals surface area contributed by atoms with Crippen molar-refractivity contribution in [1.82, 2.24) is 14.0 Å². The zero-order valence-corrected chi connectivity index (χ0v) is 11.4. The van der Waals surface area contributed by atoms with Crippen LogP contribution >= 0.6 is 0 Å². The Bertz CT molecular complexity index is 609. The van der Waals surface area contributed by atoms with E-state index in [2.05, 4.69) is 4.99 Å². The van der Waals surface area contributed by atoms with Crippen LogP contribution in [0, 0.1) is 6.92 Å². The van der Waals surface area contributed by atoms with Crippen molar-refractivity contribution in [2.75, 3.05) is 26.3 Å². The lowest BCUT2D eigenvalue weighted by atomic mass is 10.3. The first-order valence-corrected chi connectivity index (χ1v) is 6.15. The minimum absolute atomic E-state index is 0.302. The molecule has 1 aromatic rings. The van der Waals surface area contributed by atoms with Gasteiger partial charge in [0.15, 0.2) is 0 Å². The first kappa shape index (κ1) is 13.5. The lowest BCUT2D eigenvalue weighted by Crippen LogP contribution is -2.38. The highest BCUT2D eigenvalue weighted by Gasteiger charge is 2.12. The first-order chi connectivity index (χ1) is 9.02. The zero-order valence-electron chi connectivity index (χ0n) is 11.4. The summed E-state index contributed by atoms with van der Waals surface area (Å²) in [6.45, 7) is 4.56. The monoisotopic (exact) mass is 266 g/mol. The zero-order chi connectivity index (χ0) is 14.0. The van der Waals surface area contributed by atoms with Gasteiger partial charge in [-0.1, -0.05) is 0 Å². The van der Waals surface area contributed by atoms with Gasteiger partial charge in [-0.3, -0.25) is 13.9 Å². The van der Waals surface area contributed by atoms with E-state index in [-0.39, 0.29) is 11.2 Å². The third-order valence-corrected chi connectivity index (χ3v) is 3.32. The van der Waals surface area contributed by atoms with Crippen LogP contribution in [-0.2, 0) is 18.8 Å². The van der Waals surface area contributed by atoms with Gasteiger partial charge in [0.1, 0.15) is 5.69 Å². The molecule has 1 saturated heterocycles. The van der Waals surface area contributed by atoms with Crippen LogP contribution in [0.2, 0.25) is 0 Å². The second kappa shape index (κ2) is 5.40. The molecule has 0 amide bonds. The maximum atomic E-state index is 12.0. The van der Waals surface area contributed by atoms with Gasteiger partial charge in [0.2, 0.25) is 0 Å². The summed E-state index contributed by atoms with van der Waals surface area (Å²) in [5.41, 5.74) is 0.159. The fraction of sp³-hybridized carbons (Fsp3) is 0.583. The van der Waals surface area contributed by atoms with E-state index >= 15 is 0 Å². The Morgan fingerprint density at radius 1 is 1.16 bits per heavy atom. The third kappa shape index (κ3) is 2.60. The maximum Gasteiger partial charge on any atom is 0.330 e. The van der Waals surface area contributed by atoms with E-state index in [0.717, 1.165) is 17.7 Å². The fourth-order valence-corrected chi connectivity index (χ4v) is 1.91. The lowest BCUT2D eigenvalue weighted by Gasteiger charge is -2.24. The quantitative estimate of drug-likeness (QED) is 0.529. The van der Waals surface area contributed by atoms with Gasteiger partial charge in [0, 0.05) is 27.2 Å². The van der Waals surface area contributed by atoms with Crippen LogP contribution in [0.3, 0.4) is 0 Å². The van der Waals surface area contributed by atoms with Crippen molar-refractivity contribution in [2.24, 2.45) is 19.1 Å². The summed E-state index contributed by atoms with van der Waals surface area (Å²) >= 11 is 0. The Hall–Kier alpha value is -1.89. The normalized spacial score (nSPS) is 16.3. The van der Waals surface area contributed by atoms with Gasteiger partial charge in [-0.2, -0.15) is 0 Å². The molecule has 19 heavy (non-hydrogen) atoms. The summed E-state index contributed by atoms with van der Waals surface area (Å²) in [6, 6.07) is 0. The Morgan fingerprint density at radius 3 is 2.42 bits per heavy atom. The lowest BCUT2D eigenvalue weighted by molar-refractivity contribution is 0.0701. The molecule has 0 atom stereocenters. The second-order valence-electron chi connectivity index (χ2n) is 4.53. The highest BCUT2D eigenvalue weighted by molar-refractivity contribution is 5.62. The summed E-state index contributed by atoms with van der Waals surface area (Å²) < 4.78 is 7.73. The topological polar surface area (TPSA) is 68.8 Å². The Labute approximate surface area is 110 Å². The SMILES string of the molecule is Cc1c(N=CN2CCOCC2)c(=O)n(C)c(=O)n1C. The summed E-state index contributed by atoms with van der Waals surface area (Å²) in [4.78, 5) is 30.0. The van der Waals surface area contributed by atoms with Crippen molar-refractivity contribution in [3.8, 4) is 0 Å². The molecule has 0 aromatic carbocycles. The molecule has 1 aromatic heterocycles. The molecule has 1 aliphatic rings. The number of aliphatic imine (C=N–C) groups is 1. The van der Waals surface area contributed by atoms with E-state index in [4.69, 9.17) is 4.74 Å². The molecular weight excluding hydrogens is 248 g/mol. The van der Waals surface area contributed by atoms with Crippen LogP contribution in [0.15, 0.2) is 14.6 Å². The van der Waals surface area contributed by atoms with Gasteiger partial charge in [-0.25, -0.2) is 9.79 Å². The number of rotatable bonds is 2. The summed E-state index contributed by atoms with van der Waals surface area (Å²) in [7, 11) is 3.09. The molecule has 7 heteroatoms. The van der Waals surface area contributed by atoms with E-state index in [9.17, 15) is 9.59 Å². The van der Waals surface area contributed by atoms with Gasteiger partial charge in [-0.05, 0) is 6.92 Å². The minimum Gasteiger partial charge on any atom is -0.378 e. The Balaban J connectivity index is 2.37. The number of hydrogen-bond donors (Lipinski definition) is 0. The minimum atomic E-state index is -0.370. The summed E-state index contributed by atoms with van der Waals surface area (Å²) in [6.07, 6.45) is 1.65. The molecular formula is C12H18N4O3. The van der Waals surface area contributed by atoms with Crippen LogP contribution in [0.1, 0.15) is 5.69 Å². The molecule has 0 N–H and O–H groups in total. The molecule has 0 radical (unpaired) electrons. The molecule has 1 fully saturated rings. The molecule has 2 rings (SSSR count). The number of hydrogen-bond acceptors (Lipinski definition) is 4. The third-order valence-electron chi connectivity index (χ3n) is 3.32. The average Bonchev–Trinajstić information content (AvgIpc) is 2.44. The average molecular weight is 266 g/mol. The van der Waals surface area contributed by atoms with E-state index in [1.807, 2.05) is 4.90 Å². The van der Waals surface area contributed by atoms with E-state index < -0.39 is 0 Å². The second-order valence-corrected chi connectivity index (χ2v) is 4.53. The number of nitrogens with zero attached hydrogens (tertiary/aromatic N) is 4. The largest absolute Gasteiger partial charge is 0.378 e. The van der Waals surface area contributed by atoms with Gasteiger partial charge in [0.05, 0.1) is 25.2 Å². The van der Waals surface area contributed by atoms with Gasteiger partial charge in [-0.15, -0.1) is 0 Å². The fourth-order valence-electron chi connectivity index (χ4n) is 1.91. The van der Waals surface area contributed by atoms with Crippen molar-refractivity contribution in [3.63, 3.8) is 0 Å². The van der Waals surface area contributed by atoms with Crippen LogP contribution in [0.4, 0.5) is 5.69 Å². The van der Waals surface area contributed by atoms with Crippen molar-refractivity contribution >= 4 is 12.0 Å². The Morgan fingerprint density at radius 2 is 1.79 bits per heavy atom.